The molecule has 1 N–H and O–H groups in total. The molecule has 2 aliphatic rings. The summed E-state index contributed by atoms with van der Waals surface area (Å²) in [4.78, 5) is 25.9. The molecular weight excluding hydrogens is 246 g/mol. The molecule has 1 unspecified atom stereocenters. The quantitative estimate of drug-likeness (QED) is 0.841. The maximum atomic E-state index is 12.1. The standard InChI is InChI=1S/C12H17N5O2/c18-11-5-9(6-17(11)10-3-1-2-4-10)12(19)15-16-7-13-14-8-16/h7-10H,1-6H2,(H,15,19). The molecule has 2 amide bonds. The van der Waals surface area contributed by atoms with Crippen molar-refractivity contribution in [1.29, 1.82) is 0 Å². The molecule has 0 spiro atoms. The van der Waals surface area contributed by atoms with Crippen molar-refractivity contribution >= 4 is 11.8 Å². The van der Waals surface area contributed by atoms with Gasteiger partial charge in [0.15, 0.2) is 0 Å². The summed E-state index contributed by atoms with van der Waals surface area (Å²) in [6.45, 7) is 0.539. The molecule has 2 fully saturated rings. The highest BCUT2D eigenvalue weighted by molar-refractivity contribution is 5.93. The number of likely N-dealkylation sites (tertiary alicyclic amines) is 1. The molecule has 1 saturated carbocycles. The van der Waals surface area contributed by atoms with Gasteiger partial charge in [-0.05, 0) is 12.8 Å². The van der Waals surface area contributed by atoms with Gasteiger partial charge in [0.1, 0.15) is 12.7 Å². The number of carbonyl (C=O) groups excluding carboxylic acids is 2. The lowest BCUT2D eigenvalue weighted by molar-refractivity contribution is -0.130. The van der Waals surface area contributed by atoms with Crippen molar-refractivity contribution in [3.05, 3.63) is 12.7 Å². The average Bonchev–Trinajstić information content (AvgIpc) is 3.07. The smallest absolute Gasteiger partial charge is 0.244 e. The summed E-state index contributed by atoms with van der Waals surface area (Å²) in [5.41, 5.74) is 2.67. The summed E-state index contributed by atoms with van der Waals surface area (Å²) in [5.74, 6) is -0.306. The largest absolute Gasteiger partial charge is 0.339 e. The minimum Gasteiger partial charge on any atom is -0.339 e. The summed E-state index contributed by atoms with van der Waals surface area (Å²) in [6.07, 6.45) is 7.67. The van der Waals surface area contributed by atoms with E-state index in [0.717, 1.165) is 12.8 Å². The molecule has 1 saturated heterocycles. The van der Waals surface area contributed by atoms with E-state index in [1.54, 1.807) is 0 Å². The van der Waals surface area contributed by atoms with Crippen molar-refractivity contribution in [1.82, 2.24) is 19.8 Å². The third kappa shape index (κ3) is 2.45. The molecule has 7 nitrogen and oxygen atoms in total. The lowest BCUT2D eigenvalue weighted by Crippen LogP contribution is -2.36. The molecule has 19 heavy (non-hydrogen) atoms. The van der Waals surface area contributed by atoms with Crippen LogP contribution in [-0.4, -0.2) is 44.2 Å². The van der Waals surface area contributed by atoms with Gasteiger partial charge in [0.05, 0.1) is 5.92 Å². The third-order valence-corrected chi connectivity index (χ3v) is 3.95. The number of hydrogen-bond donors (Lipinski definition) is 1. The lowest BCUT2D eigenvalue weighted by atomic mass is 10.1. The van der Waals surface area contributed by atoms with E-state index in [1.807, 2.05) is 4.90 Å². The van der Waals surface area contributed by atoms with Crippen LogP contribution in [0.4, 0.5) is 0 Å². The summed E-state index contributed by atoms with van der Waals surface area (Å²) < 4.78 is 1.41. The minimum absolute atomic E-state index is 0.107. The zero-order chi connectivity index (χ0) is 13.2. The second-order valence-electron chi connectivity index (χ2n) is 5.23. The second-order valence-corrected chi connectivity index (χ2v) is 5.23. The van der Waals surface area contributed by atoms with E-state index in [-0.39, 0.29) is 17.7 Å². The van der Waals surface area contributed by atoms with Gasteiger partial charge >= 0.3 is 0 Å². The van der Waals surface area contributed by atoms with Gasteiger partial charge in [-0.1, -0.05) is 12.8 Å². The Morgan fingerprint density at radius 2 is 1.95 bits per heavy atom. The molecule has 102 valence electrons. The molecule has 3 rings (SSSR count). The summed E-state index contributed by atoms with van der Waals surface area (Å²) in [5, 5.41) is 7.23. The molecule has 7 heteroatoms. The van der Waals surface area contributed by atoms with Crippen LogP contribution in [0.25, 0.3) is 0 Å². The molecular formula is C12H17N5O2. The number of nitrogens with zero attached hydrogens (tertiary/aromatic N) is 4. The van der Waals surface area contributed by atoms with Gasteiger partial charge in [0.2, 0.25) is 11.8 Å². The predicted molar refractivity (Wildman–Crippen MR) is 66.5 cm³/mol. The van der Waals surface area contributed by atoms with Crippen LogP contribution in [0.15, 0.2) is 12.7 Å². The Hall–Kier alpha value is -1.92. The Balaban J connectivity index is 1.60. The van der Waals surface area contributed by atoms with Gasteiger partial charge in [-0.15, -0.1) is 10.2 Å². The van der Waals surface area contributed by atoms with Crippen LogP contribution in [0.5, 0.6) is 0 Å². The molecule has 0 radical (unpaired) electrons. The molecule has 1 aliphatic heterocycles. The fraction of sp³-hybridized carbons (Fsp3) is 0.667. The Kier molecular flexibility index (Phi) is 3.18. The van der Waals surface area contributed by atoms with Crippen LogP contribution in [0.1, 0.15) is 32.1 Å². The number of hydrogen-bond acceptors (Lipinski definition) is 4. The van der Waals surface area contributed by atoms with Crippen LogP contribution in [0.3, 0.4) is 0 Å². The highest BCUT2D eigenvalue weighted by Gasteiger charge is 2.38. The molecule has 0 aromatic carbocycles. The van der Waals surface area contributed by atoms with Crippen LogP contribution in [-0.2, 0) is 9.59 Å². The fourth-order valence-corrected chi connectivity index (χ4v) is 2.95. The molecule has 1 aromatic heterocycles. The number of aromatic nitrogens is 3. The summed E-state index contributed by atoms with van der Waals surface area (Å²) in [7, 11) is 0. The normalized spacial score (nSPS) is 24.1. The van der Waals surface area contributed by atoms with Gasteiger partial charge < -0.3 is 4.90 Å². The average molecular weight is 263 g/mol. The van der Waals surface area contributed by atoms with Crippen LogP contribution < -0.4 is 5.43 Å². The van der Waals surface area contributed by atoms with Gasteiger partial charge in [-0.2, -0.15) is 0 Å². The molecule has 0 bridgehead atoms. The number of rotatable bonds is 3. The first-order valence-corrected chi connectivity index (χ1v) is 6.69. The third-order valence-electron chi connectivity index (χ3n) is 3.95. The van der Waals surface area contributed by atoms with Crippen LogP contribution in [0, 0.1) is 5.92 Å². The van der Waals surface area contributed by atoms with Crippen molar-refractivity contribution in [3.8, 4) is 0 Å². The fourth-order valence-electron chi connectivity index (χ4n) is 2.95. The number of amides is 2. The van der Waals surface area contributed by atoms with Gasteiger partial charge in [-0.3, -0.25) is 15.0 Å². The van der Waals surface area contributed by atoms with Crippen molar-refractivity contribution in [2.24, 2.45) is 5.92 Å². The maximum Gasteiger partial charge on any atom is 0.244 e. The maximum absolute atomic E-state index is 12.1. The van der Waals surface area contributed by atoms with Gasteiger partial charge in [-0.25, -0.2) is 4.68 Å². The lowest BCUT2D eigenvalue weighted by Gasteiger charge is -2.23. The Morgan fingerprint density at radius 3 is 2.63 bits per heavy atom. The van der Waals surface area contributed by atoms with Crippen molar-refractivity contribution in [3.63, 3.8) is 0 Å². The van der Waals surface area contributed by atoms with Crippen molar-refractivity contribution < 1.29 is 9.59 Å². The zero-order valence-electron chi connectivity index (χ0n) is 10.7. The second kappa shape index (κ2) is 4.99. The Labute approximate surface area is 110 Å². The summed E-state index contributed by atoms with van der Waals surface area (Å²) in [6, 6.07) is 0.347. The first-order valence-electron chi connectivity index (χ1n) is 6.69. The first-order chi connectivity index (χ1) is 9.24. The predicted octanol–water partition coefficient (Wildman–Crippen LogP) is 0.139. The molecule has 1 aliphatic carbocycles. The monoisotopic (exact) mass is 263 g/mol. The van der Waals surface area contributed by atoms with E-state index in [2.05, 4.69) is 15.6 Å². The van der Waals surface area contributed by atoms with Gasteiger partial charge in [0, 0.05) is 19.0 Å². The van der Waals surface area contributed by atoms with E-state index in [0.29, 0.717) is 19.0 Å². The molecule has 2 heterocycles. The highest BCUT2D eigenvalue weighted by atomic mass is 16.2. The van der Waals surface area contributed by atoms with Crippen molar-refractivity contribution in [2.45, 2.75) is 38.1 Å². The summed E-state index contributed by atoms with van der Waals surface area (Å²) >= 11 is 0. The molecule has 1 aromatic rings. The Morgan fingerprint density at radius 1 is 1.26 bits per heavy atom. The topological polar surface area (TPSA) is 80.1 Å². The van der Waals surface area contributed by atoms with E-state index in [1.165, 1.54) is 30.2 Å². The van der Waals surface area contributed by atoms with E-state index >= 15 is 0 Å². The van der Waals surface area contributed by atoms with Crippen LogP contribution >= 0.6 is 0 Å². The SMILES string of the molecule is O=C(Nn1cnnc1)C1CC(=O)N(C2CCCC2)C1. The zero-order valence-corrected chi connectivity index (χ0v) is 10.7. The van der Waals surface area contributed by atoms with E-state index < -0.39 is 0 Å². The van der Waals surface area contributed by atoms with Crippen molar-refractivity contribution in [2.75, 3.05) is 12.0 Å². The number of nitrogens with one attached hydrogen (secondary N) is 1. The van der Waals surface area contributed by atoms with Gasteiger partial charge in [0.25, 0.3) is 0 Å². The first kappa shape index (κ1) is 12.1. The highest BCUT2D eigenvalue weighted by Crippen LogP contribution is 2.29. The van der Waals surface area contributed by atoms with Crippen LogP contribution in [0.2, 0.25) is 0 Å². The van der Waals surface area contributed by atoms with E-state index in [4.69, 9.17) is 0 Å². The van der Waals surface area contributed by atoms with E-state index in [9.17, 15) is 9.59 Å². The Bertz CT molecular complexity index is 466. The molecule has 1 atom stereocenters. The number of carbonyl (C=O) groups is 2. The minimum atomic E-state index is -0.268.